The number of sulfonamides is 1. The highest BCUT2D eigenvalue weighted by atomic mass is 35.5. The fourth-order valence-electron chi connectivity index (χ4n) is 2.46. The molecule has 132 valence electrons. The standard InChI is InChI=1S/C20H16ClNO3S/c21-18-11-9-15(10-12-18)16-5-4-6-17(13-16)20(23)14-22-26(24,25)19-7-2-1-3-8-19/h1-13,22H,14H2. The molecule has 0 atom stereocenters. The van der Waals surface area contributed by atoms with Crippen molar-refractivity contribution in [3.8, 4) is 11.1 Å². The Morgan fingerprint density at radius 2 is 1.54 bits per heavy atom. The average molecular weight is 386 g/mol. The van der Waals surface area contributed by atoms with Gasteiger partial charge in [0.2, 0.25) is 10.0 Å². The van der Waals surface area contributed by atoms with Crippen LogP contribution in [0.2, 0.25) is 5.02 Å². The molecule has 3 rings (SSSR count). The van der Waals surface area contributed by atoms with Crippen molar-refractivity contribution in [2.24, 2.45) is 0 Å². The van der Waals surface area contributed by atoms with Crippen molar-refractivity contribution in [1.29, 1.82) is 0 Å². The molecule has 0 aliphatic rings. The maximum atomic E-state index is 12.4. The highest BCUT2D eigenvalue weighted by molar-refractivity contribution is 7.89. The van der Waals surface area contributed by atoms with Crippen LogP contribution in [0.1, 0.15) is 10.4 Å². The predicted molar refractivity (Wildman–Crippen MR) is 103 cm³/mol. The molecule has 0 fully saturated rings. The lowest BCUT2D eigenvalue weighted by Gasteiger charge is -2.08. The molecule has 3 aromatic rings. The molecule has 0 bridgehead atoms. The first kappa shape index (κ1) is 18.3. The Kier molecular flexibility index (Phi) is 5.52. The molecule has 4 nitrogen and oxygen atoms in total. The maximum Gasteiger partial charge on any atom is 0.240 e. The van der Waals surface area contributed by atoms with E-state index < -0.39 is 10.0 Å². The van der Waals surface area contributed by atoms with Gasteiger partial charge in [-0.25, -0.2) is 13.1 Å². The van der Waals surface area contributed by atoms with Crippen molar-refractivity contribution in [2.45, 2.75) is 4.90 Å². The van der Waals surface area contributed by atoms with Gasteiger partial charge >= 0.3 is 0 Å². The lowest BCUT2D eigenvalue weighted by atomic mass is 10.0. The normalized spacial score (nSPS) is 11.3. The van der Waals surface area contributed by atoms with Gasteiger partial charge < -0.3 is 0 Å². The smallest absolute Gasteiger partial charge is 0.240 e. The van der Waals surface area contributed by atoms with Gasteiger partial charge in [-0.05, 0) is 41.5 Å². The number of benzene rings is 3. The number of hydrogen-bond donors (Lipinski definition) is 1. The SMILES string of the molecule is O=C(CNS(=O)(=O)c1ccccc1)c1cccc(-c2ccc(Cl)cc2)c1. The monoisotopic (exact) mass is 385 g/mol. The summed E-state index contributed by atoms with van der Waals surface area (Å²) >= 11 is 5.90. The summed E-state index contributed by atoms with van der Waals surface area (Å²) in [4.78, 5) is 12.5. The summed E-state index contributed by atoms with van der Waals surface area (Å²) in [5.74, 6) is -0.305. The van der Waals surface area contributed by atoms with E-state index in [1.165, 1.54) is 12.1 Å². The molecule has 0 heterocycles. The zero-order chi connectivity index (χ0) is 18.6. The lowest BCUT2D eigenvalue weighted by Crippen LogP contribution is -2.29. The molecule has 0 aromatic heterocycles. The van der Waals surface area contributed by atoms with Crippen molar-refractivity contribution in [2.75, 3.05) is 6.54 Å². The average Bonchev–Trinajstić information content (AvgIpc) is 2.67. The largest absolute Gasteiger partial charge is 0.293 e. The van der Waals surface area contributed by atoms with Crippen LogP contribution in [0, 0.1) is 0 Å². The van der Waals surface area contributed by atoms with Gasteiger partial charge in [0.1, 0.15) is 0 Å². The van der Waals surface area contributed by atoms with E-state index in [1.54, 1.807) is 48.5 Å². The predicted octanol–water partition coefficient (Wildman–Crippen LogP) is 4.17. The maximum absolute atomic E-state index is 12.4. The van der Waals surface area contributed by atoms with Crippen LogP contribution in [-0.4, -0.2) is 20.7 Å². The topological polar surface area (TPSA) is 63.2 Å². The van der Waals surface area contributed by atoms with Gasteiger partial charge in [0.05, 0.1) is 11.4 Å². The summed E-state index contributed by atoms with van der Waals surface area (Å²) in [6, 6.07) is 22.3. The van der Waals surface area contributed by atoms with Crippen LogP contribution in [-0.2, 0) is 10.0 Å². The van der Waals surface area contributed by atoms with E-state index in [0.717, 1.165) is 11.1 Å². The second kappa shape index (κ2) is 7.83. The molecule has 0 radical (unpaired) electrons. The van der Waals surface area contributed by atoms with Gasteiger partial charge in [-0.2, -0.15) is 0 Å². The summed E-state index contributed by atoms with van der Waals surface area (Å²) in [7, 11) is -3.72. The number of rotatable bonds is 6. The third kappa shape index (κ3) is 4.38. The first-order valence-electron chi connectivity index (χ1n) is 7.90. The third-order valence-corrected chi connectivity index (χ3v) is 5.51. The molecule has 0 spiro atoms. The highest BCUT2D eigenvalue weighted by Gasteiger charge is 2.16. The molecule has 0 amide bonds. The van der Waals surface area contributed by atoms with E-state index in [-0.39, 0.29) is 17.2 Å². The van der Waals surface area contributed by atoms with Crippen LogP contribution in [0.3, 0.4) is 0 Å². The Labute approximate surface area is 157 Å². The summed E-state index contributed by atoms with van der Waals surface area (Å²) in [6.45, 7) is -0.304. The molecule has 0 aliphatic carbocycles. The zero-order valence-corrected chi connectivity index (χ0v) is 15.3. The number of hydrogen-bond acceptors (Lipinski definition) is 3. The minimum atomic E-state index is -3.72. The minimum absolute atomic E-state index is 0.128. The molecule has 0 unspecified atom stereocenters. The number of Topliss-reactive ketones (excluding diaryl/α,β-unsaturated/α-hetero) is 1. The Morgan fingerprint density at radius 1 is 0.846 bits per heavy atom. The Bertz CT molecular complexity index is 1020. The third-order valence-electron chi connectivity index (χ3n) is 3.84. The number of carbonyl (C=O) groups is 1. The molecule has 0 saturated carbocycles. The molecular formula is C20H16ClNO3S. The van der Waals surface area contributed by atoms with E-state index >= 15 is 0 Å². The van der Waals surface area contributed by atoms with Crippen molar-refractivity contribution in [3.05, 3.63) is 89.4 Å². The van der Waals surface area contributed by atoms with Gasteiger partial charge in [-0.3, -0.25) is 4.79 Å². The van der Waals surface area contributed by atoms with Crippen LogP contribution in [0.4, 0.5) is 0 Å². The summed E-state index contributed by atoms with van der Waals surface area (Å²) in [5, 5.41) is 0.635. The van der Waals surface area contributed by atoms with Crippen molar-refractivity contribution < 1.29 is 13.2 Å². The molecule has 1 N–H and O–H groups in total. The fraction of sp³-hybridized carbons (Fsp3) is 0.0500. The Balaban J connectivity index is 1.74. The van der Waals surface area contributed by atoms with E-state index in [4.69, 9.17) is 11.6 Å². The van der Waals surface area contributed by atoms with Crippen LogP contribution < -0.4 is 4.72 Å². The van der Waals surface area contributed by atoms with E-state index in [2.05, 4.69) is 4.72 Å². The molecule has 6 heteroatoms. The van der Waals surface area contributed by atoms with Crippen molar-refractivity contribution in [3.63, 3.8) is 0 Å². The quantitative estimate of drug-likeness (QED) is 0.648. The van der Waals surface area contributed by atoms with Gasteiger partial charge in [0.15, 0.2) is 5.78 Å². The Hall–Kier alpha value is -2.47. The number of halogens is 1. The lowest BCUT2D eigenvalue weighted by molar-refractivity contribution is 0.0997. The summed E-state index contributed by atoms with van der Waals surface area (Å²) in [5.41, 5.74) is 2.22. The second-order valence-electron chi connectivity index (χ2n) is 5.65. The summed E-state index contributed by atoms with van der Waals surface area (Å²) < 4.78 is 26.8. The van der Waals surface area contributed by atoms with Gasteiger partial charge in [-0.1, -0.05) is 60.1 Å². The van der Waals surface area contributed by atoms with E-state index in [9.17, 15) is 13.2 Å². The van der Waals surface area contributed by atoms with E-state index in [1.807, 2.05) is 18.2 Å². The van der Waals surface area contributed by atoms with Gasteiger partial charge in [-0.15, -0.1) is 0 Å². The van der Waals surface area contributed by atoms with Gasteiger partial charge in [0.25, 0.3) is 0 Å². The second-order valence-corrected chi connectivity index (χ2v) is 7.85. The van der Waals surface area contributed by atoms with Crippen LogP contribution in [0.5, 0.6) is 0 Å². The van der Waals surface area contributed by atoms with E-state index in [0.29, 0.717) is 10.6 Å². The highest BCUT2D eigenvalue weighted by Crippen LogP contribution is 2.22. The van der Waals surface area contributed by atoms with Crippen molar-refractivity contribution in [1.82, 2.24) is 4.72 Å². The zero-order valence-electron chi connectivity index (χ0n) is 13.7. The Morgan fingerprint density at radius 3 is 2.23 bits per heavy atom. The first-order chi connectivity index (χ1) is 12.5. The number of ketones is 1. The minimum Gasteiger partial charge on any atom is -0.293 e. The summed E-state index contributed by atoms with van der Waals surface area (Å²) in [6.07, 6.45) is 0. The molecule has 3 aromatic carbocycles. The number of carbonyl (C=O) groups excluding carboxylic acids is 1. The van der Waals surface area contributed by atoms with Crippen LogP contribution in [0.25, 0.3) is 11.1 Å². The first-order valence-corrected chi connectivity index (χ1v) is 9.76. The molecular weight excluding hydrogens is 370 g/mol. The molecule has 26 heavy (non-hydrogen) atoms. The van der Waals surface area contributed by atoms with Crippen molar-refractivity contribution >= 4 is 27.4 Å². The number of nitrogens with one attached hydrogen (secondary N) is 1. The molecule has 0 saturated heterocycles. The van der Waals surface area contributed by atoms with Gasteiger partial charge in [0, 0.05) is 10.6 Å². The fourth-order valence-corrected chi connectivity index (χ4v) is 3.59. The van der Waals surface area contributed by atoms with Crippen LogP contribution in [0.15, 0.2) is 83.8 Å². The van der Waals surface area contributed by atoms with Crippen LogP contribution >= 0.6 is 11.6 Å². The molecule has 0 aliphatic heterocycles.